The number of hydrogen-bond acceptors (Lipinski definition) is 3. The zero-order valence-electron chi connectivity index (χ0n) is 14.8. The number of hydrogen-bond donors (Lipinski definition) is 0. The largest absolute Gasteiger partial charge is 0.490 e. The van der Waals surface area contributed by atoms with Crippen LogP contribution in [0.5, 0.6) is 5.75 Å². The van der Waals surface area contributed by atoms with Gasteiger partial charge in [-0.2, -0.15) is 0 Å². The predicted octanol–water partition coefficient (Wildman–Crippen LogP) is 3.70. The monoisotopic (exact) mass is 365 g/mol. The Morgan fingerprint density at radius 1 is 1.04 bits per heavy atom. The van der Waals surface area contributed by atoms with Gasteiger partial charge in [0.25, 0.3) is 5.91 Å². The van der Waals surface area contributed by atoms with Gasteiger partial charge in [0.15, 0.2) is 0 Å². The van der Waals surface area contributed by atoms with Crippen molar-refractivity contribution in [2.24, 2.45) is 0 Å². The predicted molar refractivity (Wildman–Crippen MR) is 99.5 cm³/mol. The highest BCUT2D eigenvalue weighted by Crippen LogP contribution is 2.21. The van der Waals surface area contributed by atoms with Gasteiger partial charge in [0.1, 0.15) is 17.7 Å². The van der Waals surface area contributed by atoms with Crippen molar-refractivity contribution >= 4 is 5.91 Å². The Bertz CT molecular complexity index is 884. The van der Waals surface area contributed by atoms with Crippen molar-refractivity contribution in [1.82, 2.24) is 14.5 Å². The Balaban J connectivity index is 1.33. The van der Waals surface area contributed by atoms with Gasteiger partial charge in [0.2, 0.25) is 0 Å². The quantitative estimate of drug-likeness (QED) is 0.708. The van der Waals surface area contributed by atoms with Crippen LogP contribution in [0.25, 0.3) is 5.69 Å². The Kier molecular flexibility index (Phi) is 4.87. The van der Waals surface area contributed by atoms with Crippen LogP contribution in [0, 0.1) is 5.82 Å². The maximum absolute atomic E-state index is 13.0. The normalized spacial score (nSPS) is 14.9. The average molecular weight is 365 g/mol. The summed E-state index contributed by atoms with van der Waals surface area (Å²) < 4.78 is 20.8. The lowest BCUT2D eigenvalue weighted by atomic mass is 10.1. The van der Waals surface area contributed by atoms with Gasteiger partial charge >= 0.3 is 0 Å². The van der Waals surface area contributed by atoms with E-state index in [4.69, 9.17) is 4.74 Å². The third-order valence-electron chi connectivity index (χ3n) is 4.76. The fourth-order valence-electron chi connectivity index (χ4n) is 3.25. The molecule has 6 heteroatoms. The zero-order chi connectivity index (χ0) is 18.6. The third-order valence-corrected chi connectivity index (χ3v) is 4.76. The molecule has 0 aliphatic carbocycles. The van der Waals surface area contributed by atoms with Gasteiger partial charge in [-0.25, -0.2) is 9.37 Å². The Labute approximate surface area is 157 Å². The molecular weight excluding hydrogens is 345 g/mol. The maximum atomic E-state index is 13.0. The summed E-state index contributed by atoms with van der Waals surface area (Å²) >= 11 is 0. The third kappa shape index (κ3) is 4.00. The minimum atomic E-state index is -0.276. The van der Waals surface area contributed by atoms with E-state index in [9.17, 15) is 9.18 Å². The molecule has 4 rings (SSSR count). The standard InChI is InChI=1S/C21H20FN3O2/c22-17-3-7-19(8-4-17)27-20-9-12-24(13-10-20)21(26)16-1-5-18(6-2-16)25-14-11-23-15-25/h1-8,11,14-15,20H,9-10,12-13H2. The van der Waals surface area contributed by atoms with E-state index in [0.717, 1.165) is 18.5 Å². The van der Waals surface area contributed by atoms with Gasteiger partial charge in [0.05, 0.1) is 6.33 Å². The molecule has 0 atom stereocenters. The number of benzene rings is 2. The van der Waals surface area contributed by atoms with E-state index in [1.165, 1.54) is 12.1 Å². The molecule has 3 aromatic rings. The molecule has 0 saturated carbocycles. The van der Waals surface area contributed by atoms with Crippen molar-refractivity contribution in [3.05, 3.63) is 78.6 Å². The first-order chi connectivity index (χ1) is 13.2. The molecular formula is C21H20FN3O2. The molecule has 138 valence electrons. The second-order valence-corrected chi connectivity index (χ2v) is 6.58. The molecule has 0 radical (unpaired) electrons. The lowest BCUT2D eigenvalue weighted by molar-refractivity contribution is 0.0595. The number of imidazole rings is 1. The summed E-state index contributed by atoms with van der Waals surface area (Å²) in [6.45, 7) is 1.29. The van der Waals surface area contributed by atoms with Crippen LogP contribution in [-0.2, 0) is 0 Å². The fourth-order valence-corrected chi connectivity index (χ4v) is 3.25. The summed E-state index contributed by atoms with van der Waals surface area (Å²) in [5.74, 6) is 0.422. The topological polar surface area (TPSA) is 47.4 Å². The van der Waals surface area contributed by atoms with Gasteiger partial charge in [-0.15, -0.1) is 0 Å². The van der Waals surface area contributed by atoms with Crippen molar-refractivity contribution < 1.29 is 13.9 Å². The van der Waals surface area contributed by atoms with E-state index >= 15 is 0 Å². The van der Waals surface area contributed by atoms with Gasteiger partial charge in [-0.05, 0) is 48.5 Å². The van der Waals surface area contributed by atoms with Crippen molar-refractivity contribution in [2.45, 2.75) is 18.9 Å². The minimum Gasteiger partial charge on any atom is -0.490 e. The summed E-state index contributed by atoms with van der Waals surface area (Å²) in [5, 5.41) is 0. The van der Waals surface area contributed by atoms with Gasteiger partial charge in [0, 0.05) is 49.6 Å². The molecule has 1 fully saturated rings. The molecule has 1 aliphatic rings. The number of rotatable bonds is 4. The number of piperidine rings is 1. The molecule has 2 heterocycles. The van der Waals surface area contributed by atoms with Crippen LogP contribution in [0.1, 0.15) is 23.2 Å². The summed E-state index contributed by atoms with van der Waals surface area (Å²) in [7, 11) is 0. The van der Waals surface area contributed by atoms with E-state index in [1.54, 1.807) is 24.7 Å². The van der Waals surface area contributed by atoms with Crippen LogP contribution in [0.2, 0.25) is 0 Å². The van der Waals surface area contributed by atoms with E-state index in [1.807, 2.05) is 39.9 Å². The molecule has 0 spiro atoms. The maximum Gasteiger partial charge on any atom is 0.253 e. The summed E-state index contributed by atoms with van der Waals surface area (Å²) in [6, 6.07) is 13.6. The number of likely N-dealkylation sites (tertiary alicyclic amines) is 1. The SMILES string of the molecule is O=C(c1ccc(-n2ccnc2)cc1)N1CCC(Oc2ccc(F)cc2)CC1. The molecule has 1 aliphatic heterocycles. The zero-order valence-corrected chi connectivity index (χ0v) is 14.8. The number of halogens is 1. The number of aromatic nitrogens is 2. The van der Waals surface area contributed by atoms with Crippen LogP contribution >= 0.6 is 0 Å². The average Bonchev–Trinajstić information content (AvgIpc) is 3.25. The van der Waals surface area contributed by atoms with E-state index in [0.29, 0.717) is 24.4 Å². The van der Waals surface area contributed by atoms with Crippen molar-refractivity contribution in [3.8, 4) is 11.4 Å². The minimum absolute atomic E-state index is 0.0346. The molecule has 0 unspecified atom stereocenters. The van der Waals surface area contributed by atoms with Crippen molar-refractivity contribution in [1.29, 1.82) is 0 Å². The number of carbonyl (C=O) groups is 1. The second-order valence-electron chi connectivity index (χ2n) is 6.58. The molecule has 2 aromatic carbocycles. The molecule has 1 amide bonds. The smallest absolute Gasteiger partial charge is 0.253 e. The number of ether oxygens (including phenoxy) is 1. The van der Waals surface area contributed by atoms with Crippen LogP contribution in [-0.4, -0.2) is 39.6 Å². The molecule has 1 aromatic heterocycles. The highest BCUT2D eigenvalue weighted by molar-refractivity contribution is 5.94. The molecule has 5 nitrogen and oxygen atoms in total. The highest BCUT2D eigenvalue weighted by atomic mass is 19.1. The van der Waals surface area contributed by atoms with E-state index in [2.05, 4.69) is 4.98 Å². The van der Waals surface area contributed by atoms with Crippen LogP contribution in [0.3, 0.4) is 0 Å². The number of amides is 1. The Morgan fingerprint density at radius 2 is 1.74 bits per heavy atom. The summed E-state index contributed by atoms with van der Waals surface area (Å²) in [6.07, 6.45) is 6.87. The molecule has 27 heavy (non-hydrogen) atoms. The van der Waals surface area contributed by atoms with Crippen LogP contribution < -0.4 is 4.74 Å². The first kappa shape index (κ1) is 17.3. The lowest BCUT2D eigenvalue weighted by Gasteiger charge is -2.32. The Morgan fingerprint density at radius 3 is 2.37 bits per heavy atom. The van der Waals surface area contributed by atoms with Crippen LogP contribution in [0.4, 0.5) is 4.39 Å². The number of nitrogens with zero attached hydrogens (tertiary/aromatic N) is 3. The first-order valence-corrected chi connectivity index (χ1v) is 8.99. The molecule has 0 bridgehead atoms. The van der Waals surface area contributed by atoms with E-state index < -0.39 is 0 Å². The molecule has 0 N–H and O–H groups in total. The van der Waals surface area contributed by atoms with Gasteiger partial charge in [-0.3, -0.25) is 4.79 Å². The highest BCUT2D eigenvalue weighted by Gasteiger charge is 2.24. The summed E-state index contributed by atoms with van der Waals surface area (Å²) in [4.78, 5) is 18.6. The fraction of sp³-hybridized carbons (Fsp3) is 0.238. The van der Waals surface area contributed by atoms with Gasteiger partial charge in [-0.1, -0.05) is 0 Å². The van der Waals surface area contributed by atoms with Crippen molar-refractivity contribution in [3.63, 3.8) is 0 Å². The molecule has 1 saturated heterocycles. The second kappa shape index (κ2) is 7.61. The lowest BCUT2D eigenvalue weighted by Crippen LogP contribution is -2.41. The van der Waals surface area contributed by atoms with Crippen LogP contribution in [0.15, 0.2) is 67.3 Å². The number of carbonyl (C=O) groups excluding carboxylic acids is 1. The Hall–Kier alpha value is -3.15. The van der Waals surface area contributed by atoms with Crippen molar-refractivity contribution in [2.75, 3.05) is 13.1 Å². The first-order valence-electron chi connectivity index (χ1n) is 8.99. The van der Waals surface area contributed by atoms with E-state index in [-0.39, 0.29) is 17.8 Å². The summed E-state index contributed by atoms with van der Waals surface area (Å²) in [5.41, 5.74) is 1.65. The van der Waals surface area contributed by atoms with Gasteiger partial charge < -0.3 is 14.2 Å².